The number of hydrogen-bond donors (Lipinski definition) is 0. The highest BCUT2D eigenvalue weighted by Crippen LogP contribution is 2.30. The zero-order valence-electron chi connectivity index (χ0n) is 17.9. The average molecular weight is 406 g/mol. The van der Waals surface area contributed by atoms with Crippen LogP contribution in [0.15, 0.2) is 60.7 Å². The smallest absolute Gasteiger partial charge is 0.335 e. The molecule has 2 heterocycles. The molecule has 30 heavy (non-hydrogen) atoms. The Kier molecular flexibility index (Phi) is 5.79. The zero-order chi connectivity index (χ0) is 21.0. The van der Waals surface area contributed by atoms with Crippen LogP contribution in [0.25, 0.3) is 0 Å². The number of para-hydroxylation sites is 1. The van der Waals surface area contributed by atoms with Gasteiger partial charge in [0.05, 0.1) is 13.2 Å². The first-order chi connectivity index (χ1) is 14.4. The molecule has 1 saturated heterocycles. The zero-order valence-corrected chi connectivity index (χ0v) is 17.9. The van der Waals surface area contributed by atoms with Gasteiger partial charge in [-0.1, -0.05) is 69.3 Å². The Morgan fingerprint density at radius 3 is 2.13 bits per heavy atom. The first-order valence-corrected chi connectivity index (χ1v) is 10.4. The van der Waals surface area contributed by atoms with Crippen molar-refractivity contribution in [2.75, 3.05) is 26.3 Å². The van der Waals surface area contributed by atoms with E-state index in [2.05, 4.69) is 50.0 Å². The van der Waals surface area contributed by atoms with E-state index in [1.54, 1.807) is 0 Å². The third kappa shape index (κ3) is 4.66. The van der Waals surface area contributed by atoms with Crippen LogP contribution in [-0.4, -0.2) is 41.3 Å². The van der Waals surface area contributed by atoms with Crippen LogP contribution < -0.4 is 9.22 Å². The van der Waals surface area contributed by atoms with Crippen LogP contribution in [0.1, 0.15) is 32.2 Å². The minimum Gasteiger partial charge on any atom is -0.424 e. The minimum absolute atomic E-state index is 0.227. The summed E-state index contributed by atoms with van der Waals surface area (Å²) in [6, 6.07) is 20.5. The summed E-state index contributed by atoms with van der Waals surface area (Å²) in [7, 11) is 0. The highest BCUT2D eigenvalue weighted by Gasteiger charge is 2.38. The quantitative estimate of drug-likeness (QED) is 0.585. The summed E-state index contributed by atoms with van der Waals surface area (Å²) in [5.74, 6) is 2.19. The van der Waals surface area contributed by atoms with Crippen LogP contribution in [0, 0.1) is 0 Å². The number of aromatic nitrogens is 3. The topological polar surface area (TPSA) is 57.1 Å². The molecule has 0 bridgehead atoms. The van der Waals surface area contributed by atoms with E-state index >= 15 is 0 Å². The molecule has 6 heteroatoms. The lowest BCUT2D eigenvalue weighted by Crippen LogP contribution is -2.56. The largest absolute Gasteiger partial charge is 0.424 e. The van der Waals surface area contributed by atoms with Crippen LogP contribution in [0.3, 0.4) is 0 Å². The van der Waals surface area contributed by atoms with Gasteiger partial charge in [-0.3, -0.25) is 0 Å². The molecular formula is C24H29N4O2+. The molecule has 2 aromatic carbocycles. The molecule has 1 aliphatic rings. The standard InChI is InChI=1S/C24H29N4O2/c1-24(2,3)21-25-22(27-23(26-21)30-20-12-8-5-9-13-20)28(14-16-29-17-15-28)18-19-10-6-4-7-11-19/h4-13H,14-18H2,1-3H3/q+1. The van der Waals surface area contributed by atoms with Crippen LogP contribution in [0.4, 0.5) is 5.95 Å². The van der Waals surface area contributed by atoms with Gasteiger partial charge in [-0.25, -0.2) is 4.48 Å². The molecule has 0 saturated carbocycles. The molecule has 156 valence electrons. The van der Waals surface area contributed by atoms with Gasteiger partial charge in [0.25, 0.3) is 0 Å². The third-order valence-corrected chi connectivity index (χ3v) is 5.31. The van der Waals surface area contributed by atoms with E-state index in [1.807, 2.05) is 36.4 Å². The molecule has 0 unspecified atom stereocenters. The fourth-order valence-corrected chi connectivity index (χ4v) is 3.59. The average Bonchev–Trinajstić information content (AvgIpc) is 2.75. The van der Waals surface area contributed by atoms with Crippen molar-refractivity contribution in [3.63, 3.8) is 0 Å². The number of benzene rings is 2. The van der Waals surface area contributed by atoms with Crippen molar-refractivity contribution in [1.82, 2.24) is 19.4 Å². The Morgan fingerprint density at radius 2 is 1.50 bits per heavy atom. The van der Waals surface area contributed by atoms with E-state index in [0.717, 1.165) is 31.4 Å². The van der Waals surface area contributed by atoms with Crippen LogP contribution in [-0.2, 0) is 16.7 Å². The Balaban J connectivity index is 1.78. The van der Waals surface area contributed by atoms with E-state index in [1.165, 1.54) is 5.56 Å². The summed E-state index contributed by atoms with van der Waals surface area (Å²) in [4.78, 5) is 14.4. The molecule has 0 radical (unpaired) electrons. The third-order valence-electron chi connectivity index (χ3n) is 5.31. The van der Waals surface area contributed by atoms with Gasteiger partial charge >= 0.3 is 12.0 Å². The molecule has 0 spiro atoms. The number of ether oxygens (including phenoxy) is 2. The summed E-state index contributed by atoms with van der Waals surface area (Å²) in [5, 5.41) is 0. The number of morpholine rings is 1. The molecule has 1 aromatic heterocycles. The maximum Gasteiger partial charge on any atom is 0.335 e. The van der Waals surface area contributed by atoms with E-state index in [-0.39, 0.29) is 5.41 Å². The van der Waals surface area contributed by atoms with Crippen molar-refractivity contribution >= 4 is 5.95 Å². The van der Waals surface area contributed by atoms with Crippen molar-refractivity contribution in [3.8, 4) is 11.8 Å². The van der Waals surface area contributed by atoms with Gasteiger partial charge < -0.3 is 9.47 Å². The molecule has 0 N–H and O–H groups in total. The highest BCUT2D eigenvalue weighted by molar-refractivity contribution is 5.33. The van der Waals surface area contributed by atoms with Gasteiger partial charge in [-0.2, -0.15) is 9.97 Å². The number of hydrogen-bond acceptors (Lipinski definition) is 5. The lowest BCUT2D eigenvalue weighted by molar-refractivity contribution is 0.0331. The molecular weight excluding hydrogens is 376 g/mol. The predicted molar refractivity (Wildman–Crippen MR) is 118 cm³/mol. The fourth-order valence-electron chi connectivity index (χ4n) is 3.59. The molecule has 0 aliphatic carbocycles. The van der Waals surface area contributed by atoms with Crippen LogP contribution in [0.5, 0.6) is 11.8 Å². The number of quaternary nitrogens is 1. The molecule has 6 nitrogen and oxygen atoms in total. The Morgan fingerprint density at radius 1 is 0.867 bits per heavy atom. The van der Waals surface area contributed by atoms with E-state index in [4.69, 9.17) is 19.4 Å². The normalized spacial score (nSPS) is 16.2. The van der Waals surface area contributed by atoms with Gasteiger partial charge in [0, 0.05) is 11.0 Å². The monoisotopic (exact) mass is 405 g/mol. The van der Waals surface area contributed by atoms with Gasteiger partial charge in [0.2, 0.25) is 0 Å². The summed E-state index contributed by atoms with van der Waals surface area (Å²) < 4.78 is 12.4. The molecule has 0 atom stereocenters. The Bertz CT molecular complexity index is 966. The first kappa shape index (κ1) is 20.4. The molecule has 0 amide bonds. The summed E-state index contributed by atoms with van der Waals surface area (Å²) in [5.41, 5.74) is 1.03. The van der Waals surface area contributed by atoms with Crippen LogP contribution >= 0.6 is 0 Å². The van der Waals surface area contributed by atoms with Crippen molar-refractivity contribution in [1.29, 1.82) is 0 Å². The molecule has 1 aliphatic heterocycles. The fraction of sp³-hybridized carbons (Fsp3) is 0.375. The van der Waals surface area contributed by atoms with Crippen molar-refractivity contribution in [2.24, 2.45) is 0 Å². The first-order valence-electron chi connectivity index (χ1n) is 10.4. The van der Waals surface area contributed by atoms with Gasteiger partial charge in [-0.05, 0) is 12.1 Å². The lowest BCUT2D eigenvalue weighted by Gasteiger charge is -2.38. The van der Waals surface area contributed by atoms with Gasteiger partial charge in [0.15, 0.2) is 0 Å². The minimum atomic E-state index is -0.227. The molecule has 4 rings (SSSR count). The van der Waals surface area contributed by atoms with Crippen molar-refractivity contribution in [3.05, 3.63) is 72.1 Å². The maximum atomic E-state index is 6.04. The van der Waals surface area contributed by atoms with E-state index in [9.17, 15) is 0 Å². The Hall–Kier alpha value is -2.83. The predicted octanol–water partition coefficient (Wildman–Crippen LogP) is 4.50. The van der Waals surface area contributed by atoms with Gasteiger partial charge in [-0.15, -0.1) is 4.98 Å². The van der Waals surface area contributed by atoms with E-state index in [0.29, 0.717) is 29.5 Å². The van der Waals surface area contributed by atoms with Crippen LogP contribution in [0.2, 0.25) is 0 Å². The second-order valence-electron chi connectivity index (χ2n) is 8.76. The second kappa shape index (κ2) is 8.50. The molecule has 3 aromatic rings. The maximum absolute atomic E-state index is 6.04. The SMILES string of the molecule is CC(C)(C)c1nc(Oc2ccccc2)nc([N+]2(Cc3ccccc3)CCOCC2)n1. The van der Waals surface area contributed by atoms with Crippen molar-refractivity contribution < 1.29 is 9.47 Å². The highest BCUT2D eigenvalue weighted by atomic mass is 16.5. The number of nitrogens with zero attached hydrogens (tertiary/aromatic N) is 4. The van der Waals surface area contributed by atoms with Crippen molar-refractivity contribution in [2.45, 2.75) is 32.7 Å². The molecule has 1 fully saturated rings. The summed E-state index contributed by atoms with van der Waals surface area (Å²) in [6.07, 6.45) is 0. The summed E-state index contributed by atoms with van der Waals surface area (Å²) >= 11 is 0. The van der Waals surface area contributed by atoms with E-state index < -0.39 is 0 Å². The summed E-state index contributed by atoms with van der Waals surface area (Å²) in [6.45, 7) is 10.1. The Labute approximate surface area is 178 Å². The lowest BCUT2D eigenvalue weighted by atomic mass is 9.96. The second-order valence-corrected chi connectivity index (χ2v) is 8.76. The van der Waals surface area contributed by atoms with Gasteiger partial charge in [0.1, 0.15) is 31.2 Å². The number of rotatable bonds is 5.